The Morgan fingerprint density at radius 1 is 1.00 bits per heavy atom. The second-order valence-electron chi connectivity index (χ2n) is 5.96. The Morgan fingerprint density at radius 3 is 2.62 bits per heavy atom. The van der Waals surface area contributed by atoms with Gasteiger partial charge in [0.05, 0.1) is 16.8 Å². The molecule has 0 radical (unpaired) electrons. The molecule has 0 aliphatic rings. The zero-order chi connectivity index (χ0) is 17.9. The molecule has 128 valence electrons. The van der Waals surface area contributed by atoms with Crippen LogP contribution in [-0.2, 0) is 6.54 Å². The molecule has 0 fully saturated rings. The molecular weight excluding hydrogens is 390 g/mol. The molecule has 0 aliphatic carbocycles. The number of carbonyl (C=O) groups excluding carboxylic acids is 1. The summed E-state index contributed by atoms with van der Waals surface area (Å²) in [5.41, 5.74) is 3.28. The van der Waals surface area contributed by atoms with Crippen molar-refractivity contribution in [3.05, 3.63) is 94.6 Å². The fraction of sp³-hybridized carbons (Fsp3) is 0.0476. The number of nitrogens with zero attached hydrogens (tertiary/aromatic N) is 2. The summed E-state index contributed by atoms with van der Waals surface area (Å²) in [5.74, 6) is -0.120. The molecule has 0 aliphatic heterocycles. The Morgan fingerprint density at radius 2 is 1.77 bits per heavy atom. The van der Waals surface area contributed by atoms with Gasteiger partial charge < -0.3 is 5.32 Å². The Bertz CT molecular complexity index is 1070. The minimum atomic E-state index is -0.120. The van der Waals surface area contributed by atoms with Crippen molar-refractivity contribution < 1.29 is 4.79 Å². The van der Waals surface area contributed by atoms with Gasteiger partial charge in [-0.15, -0.1) is 0 Å². The van der Waals surface area contributed by atoms with Gasteiger partial charge in [0.2, 0.25) is 0 Å². The van der Waals surface area contributed by atoms with Crippen LogP contribution in [0.5, 0.6) is 0 Å². The monoisotopic (exact) mass is 405 g/mol. The highest BCUT2D eigenvalue weighted by Crippen LogP contribution is 2.22. The Kier molecular flexibility index (Phi) is 4.54. The van der Waals surface area contributed by atoms with Crippen molar-refractivity contribution >= 4 is 32.7 Å². The van der Waals surface area contributed by atoms with E-state index in [0.717, 1.165) is 26.6 Å². The molecule has 1 heterocycles. The zero-order valence-electron chi connectivity index (χ0n) is 13.9. The minimum absolute atomic E-state index is 0.120. The third-order valence-electron chi connectivity index (χ3n) is 4.16. The maximum absolute atomic E-state index is 12.7. The van der Waals surface area contributed by atoms with Crippen molar-refractivity contribution in [3.63, 3.8) is 0 Å². The first-order valence-electron chi connectivity index (χ1n) is 8.27. The maximum atomic E-state index is 12.7. The van der Waals surface area contributed by atoms with Crippen molar-refractivity contribution in [1.82, 2.24) is 15.1 Å². The molecule has 4 aromatic rings. The molecule has 3 aromatic carbocycles. The lowest BCUT2D eigenvalue weighted by Crippen LogP contribution is -2.24. The van der Waals surface area contributed by atoms with Gasteiger partial charge in [0.1, 0.15) is 0 Å². The van der Waals surface area contributed by atoms with E-state index in [2.05, 4.69) is 26.3 Å². The molecule has 5 heteroatoms. The van der Waals surface area contributed by atoms with E-state index >= 15 is 0 Å². The van der Waals surface area contributed by atoms with Crippen molar-refractivity contribution in [2.24, 2.45) is 0 Å². The summed E-state index contributed by atoms with van der Waals surface area (Å²) in [5, 5.41) is 8.61. The van der Waals surface area contributed by atoms with E-state index in [1.54, 1.807) is 4.68 Å². The van der Waals surface area contributed by atoms with Gasteiger partial charge in [0.15, 0.2) is 0 Å². The lowest BCUT2D eigenvalue weighted by atomic mass is 10.1. The van der Waals surface area contributed by atoms with Crippen LogP contribution in [0.1, 0.15) is 15.9 Å². The van der Waals surface area contributed by atoms with Crippen molar-refractivity contribution in [3.8, 4) is 5.69 Å². The fourth-order valence-electron chi connectivity index (χ4n) is 2.85. The summed E-state index contributed by atoms with van der Waals surface area (Å²) >= 11 is 3.46. The number of carbonyl (C=O) groups is 1. The van der Waals surface area contributed by atoms with E-state index in [-0.39, 0.29) is 5.91 Å². The highest BCUT2D eigenvalue weighted by Gasteiger charge is 2.13. The van der Waals surface area contributed by atoms with Crippen LogP contribution >= 0.6 is 15.9 Å². The first-order valence-corrected chi connectivity index (χ1v) is 9.06. The quantitative estimate of drug-likeness (QED) is 0.533. The molecule has 0 saturated carbocycles. The molecule has 0 saturated heterocycles. The van der Waals surface area contributed by atoms with E-state index in [1.807, 2.05) is 79.0 Å². The summed E-state index contributed by atoms with van der Waals surface area (Å²) in [6, 6.07) is 23.3. The zero-order valence-corrected chi connectivity index (χ0v) is 15.5. The lowest BCUT2D eigenvalue weighted by molar-refractivity contribution is 0.0951. The van der Waals surface area contributed by atoms with E-state index in [9.17, 15) is 4.79 Å². The van der Waals surface area contributed by atoms with Gasteiger partial charge in [0.25, 0.3) is 5.91 Å². The maximum Gasteiger partial charge on any atom is 0.253 e. The number of hydrogen-bond donors (Lipinski definition) is 1. The lowest BCUT2D eigenvalue weighted by Gasteiger charge is -2.10. The topological polar surface area (TPSA) is 46.9 Å². The number of fused-ring (bicyclic) bond motifs is 1. The second-order valence-corrected chi connectivity index (χ2v) is 6.88. The van der Waals surface area contributed by atoms with Crippen LogP contribution in [0.3, 0.4) is 0 Å². The van der Waals surface area contributed by atoms with E-state index in [4.69, 9.17) is 0 Å². The third kappa shape index (κ3) is 3.39. The molecule has 1 amide bonds. The largest absolute Gasteiger partial charge is 0.348 e. The second kappa shape index (κ2) is 7.14. The van der Waals surface area contributed by atoms with E-state index in [0.29, 0.717) is 12.1 Å². The summed E-state index contributed by atoms with van der Waals surface area (Å²) < 4.78 is 2.73. The van der Waals surface area contributed by atoms with Crippen LogP contribution in [0.15, 0.2) is 83.5 Å². The predicted molar refractivity (Wildman–Crippen MR) is 106 cm³/mol. The van der Waals surface area contributed by atoms with Crippen LogP contribution < -0.4 is 5.32 Å². The normalized spacial score (nSPS) is 10.8. The van der Waals surface area contributed by atoms with Crippen LogP contribution in [0.4, 0.5) is 0 Å². The van der Waals surface area contributed by atoms with Crippen molar-refractivity contribution in [2.45, 2.75) is 6.54 Å². The van der Waals surface area contributed by atoms with Gasteiger partial charge in [-0.2, -0.15) is 5.10 Å². The molecule has 0 spiro atoms. The first-order chi connectivity index (χ1) is 12.7. The van der Waals surface area contributed by atoms with Gasteiger partial charge in [0, 0.05) is 22.6 Å². The van der Waals surface area contributed by atoms with Crippen LogP contribution in [-0.4, -0.2) is 15.7 Å². The average molecular weight is 406 g/mol. The number of halogens is 1. The highest BCUT2D eigenvalue weighted by molar-refractivity contribution is 9.10. The highest BCUT2D eigenvalue weighted by atomic mass is 79.9. The number of amides is 1. The standard InChI is InChI=1S/C21H16BrN3O/c22-17-11-10-16-14-25(24-19(16)12-17)20-9-5-4-8-18(20)21(26)23-13-15-6-2-1-3-7-15/h1-12,14H,13H2,(H,23,26). The van der Waals surface area contributed by atoms with E-state index in [1.165, 1.54) is 0 Å². The van der Waals surface area contributed by atoms with E-state index < -0.39 is 0 Å². The summed E-state index contributed by atoms with van der Waals surface area (Å²) in [4.78, 5) is 12.7. The Balaban J connectivity index is 1.64. The summed E-state index contributed by atoms with van der Waals surface area (Å²) in [6.45, 7) is 0.488. The van der Waals surface area contributed by atoms with Crippen LogP contribution in [0.25, 0.3) is 16.6 Å². The average Bonchev–Trinajstić information content (AvgIpc) is 3.10. The van der Waals surface area contributed by atoms with Crippen molar-refractivity contribution in [1.29, 1.82) is 0 Å². The SMILES string of the molecule is O=C(NCc1ccccc1)c1ccccc1-n1cc2ccc(Br)cc2n1. The van der Waals surface area contributed by atoms with Crippen LogP contribution in [0.2, 0.25) is 0 Å². The minimum Gasteiger partial charge on any atom is -0.348 e. The third-order valence-corrected chi connectivity index (χ3v) is 4.65. The molecule has 0 bridgehead atoms. The number of aromatic nitrogens is 2. The summed E-state index contributed by atoms with van der Waals surface area (Å²) in [6.07, 6.45) is 1.94. The predicted octanol–water partition coefficient (Wildman–Crippen LogP) is 4.72. The van der Waals surface area contributed by atoms with Gasteiger partial charge in [-0.25, -0.2) is 4.68 Å². The van der Waals surface area contributed by atoms with Gasteiger partial charge in [-0.1, -0.05) is 64.5 Å². The molecule has 4 nitrogen and oxygen atoms in total. The number of para-hydroxylation sites is 1. The molecule has 0 atom stereocenters. The first kappa shape index (κ1) is 16.5. The Hall–Kier alpha value is -2.92. The molecule has 1 N–H and O–H groups in total. The number of hydrogen-bond acceptors (Lipinski definition) is 2. The number of nitrogens with one attached hydrogen (secondary N) is 1. The molecule has 0 unspecified atom stereocenters. The Labute approximate surface area is 159 Å². The number of benzene rings is 3. The molecule has 4 rings (SSSR count). The fourth-order valence-corrected chi connectivity index (χ4v) is 3.20. The van der Waals surface area contributed by atoms with Gasteiger partial charge in [-0.3, -0.25) is 4.79 Å². The molecule has 1 aromatic heterocycles. The van der Waals surface area contributed by atoms with Gasteiger partial charge >= 0.3 is 0 Å². The smallest absolute Gasteiger partial charge is 0.253 e. The number of rotatable bonds is 4. The van der Waals surface area contributed by atoms with Crippen LogP contribution in [0, 0.1) is 0 Å². The molecule has 26 heavy (non-hydrogen) atoms. The summed E-state index contributed by atoms with van der Waals surface area (Å²) in [7, 11) is 0. The van der Waals surface area contributed by atoms with Crippen molar-refractivity contribution in [2.75, 3.05) is 0 Å². The molecular formula is C21H16BrN3O. The van der Waals surface area contributed by atoms with Gasteiger partial charge in [-0.05, 0) is 29.8 Å².